The molecule has 0 fully saturated rings. The van der Waals surface area contributed by atoms with Crippen LogP contribution in [0.1, 0.15) is 44.5 Å². The minimum Gasteiger partial charge on any atom is -0.486 e. The molecular formula is C21H21ClN2O2S. The lowest BCUT2D eigenvalue weighted by atomic mass is 10.1. The Morgan fingerprint density at radius 1 is 1.22 bits per heavy atom. The molecule has 2 aromatic carbocycles. The molecule has 0 spiro atoms. The van der Waals surface area contributed by atoms with Crippen molar-refractivity contribution in [2.24, 2.45) is 0 Å². The van der Waals surface area contributed by atoms with Crippen molar-refractivity contribution in [2.75, 3.05) is 0 Å². The average molecular weight is 401 g/mol. The van der Waals surface area contributed by atoms with Crippen molar-refractivity contribution < 1.29 is 9.53 Å². The third-order valence-corrected chi connectivity index (χ3v) is 5.50. The molecule has 1 atom stereocenters. The second-order valence-electron chi connectivity index (χ2n) is 6.37. The summed E-state index contributed by atoms with van der Waals surface area (Å²) in [5, 5.41) is 4.47. The van der Waals surface area contributed by atoms with E-state index in [1.54, 1.807) is 0 Å². The van der Waals surface area contributed by atoms with E-state index < -0.39 is 0 Å². The van der Waals surface area contributed by atoms with E-state index in [0.717, 1.165) is 21.9 Å². The maximum absolute atomic E-state index is 12.6. The lowest BCUT2D eigenvalue weighted by Gasteiger charge is -2.13. The number of thiazole rings is 1. The van der Waals surface area contributed by atoms with Crippen LogP contribution in [0.25, 0.3) is 0 Å². The summed E-state index contributed by atoms with van der Waals surface area (Å²) in [6, 6.07) is 15.2. The van der Waals surface area contributed by atoms with Crippen molar-refractivity contribution in [1.82, 2.24) is 10.3 Å². The molecule has 0 bridgehead atoms. The fourth-order valence-corrected chi connectivity index (χ4v) is 3.68. The summed E-state index contributed by atoms with van der Waals surface area (Å²) < 4.78 is 5.79. The van der Waals surface area contributed by atoms with E-state index in [0.29, 0.717) is 22.2 Å². The van der Waals surface area contributed by atoms with E-state index in [1.165, 1.54) is 11.3 Å². The van der Waals surface area contributed by atoms with Gasteiger partial charge in [-0.25, -0.2) is 4.98 Å². The minimum absolute atomic E-state index is 0.122. The molecule has 0 aliphatic heterocycles. The van der Waals surface area contributed by atoms with Gasteiger partial charge in [0.05, 0.1) is 11.7 Å². The maximum Gasteiger partial charge on any atom is 0.263 e. The normalized spacial score (nSPS) is 11.9. The third-order valence-electron chi connectivity index (χ3n) is 4.12. The summed E-state index contributed by atoms with van der Waals surface area (Å²) in [4.78, 5) is 17.7. The predicted molar refractivity (Wildman–Crippen MR) is 110 cm³/mol. The van der Waals surface area contributed by atoms with Gasteiger partial charge in [-0.2, -0.15) is 0 Å². The van der Waals surface area contributed by atoms with Gasteiger partial charge in [0.15, 0.2) is 0 Å². The maximum atomic E-state index is 12.6. The summed E-state index contributed by atoms with van der Waals surface area (Å²) in [6.45, 7) is 6.15. The molecule has 4 nitrogen and oxygen atoms in total. The van der Waals surface area contributed by atoms with Crippen LogP contribution in [0, 0.1) is 13.8 Å². The Balaban J connectivity index is 1.64. The number of aromatic nitrogens is 1. The monoisotopic (exact) mass is 400 g/mol. The predicted octanol–water partition coefficient (Wildman–Crippen LogP) is 5.48. The Hall–Kier alpha value is -2.37. The molecule has 0 radical (unpaired) electrons. The fraction of sp³-hybridized carbons (Fsp3) is 0.238. The van der Waals surface area contributed by atoms with Crippen LogP contribution in [0.3, 0.4) is 0 Å². The molecule has 0 aliphatic carbocycles. The summed E-state index contributed by atoms with van der Waals surface area (Å²) >= 11 is 7.28. The molecule has 3 rings (SSSR count). The second-order valence-corrected chi connectivity index (χ2v) is 7.89. The number of amides is 1. The highest BCUT2D eigenvalue weighted by Gasteiger charge is 2.18. The first kappa shape index (κ1) is 19.4. The number of nitrogens with one attached hydrogen (secondary N) is 1. The average Bonchev–Trinajstić information content (AvgIpc) is 3.01. The molecule has 1 amide bonds. The first-order valence-electron chi connectivity index (χ1n) is 8.64. The van der Waals surface area contributed by atoms with E-state index in [4.69, 9.17) is 16.3 Å². The molecule has 1 unspecified atom stereocenters. The van der Waals surface area contributed by atoms with Crippen LogP contribution in [-0.2, 0) is 6.61 Å². The van der Waals surface area contributed by atoms with Gasteiger partial charge >= 0.3 is 0 Å². The van der Waals surface area contributed by atoms with Crippen molar-refractivity contribution in [3.05, 3.63) is 80.3 Å². The number of ether oxygens (including phenoxy) is 1. The van der Waals surface area contributed by atoms with Crippen LogP contribution in [0.2, 0.25) is 5.02 Å². The molecule has 0 saturated carbocycles. The summed E-state index contributed by atoms with van der Waals surface area (Å²) in [5.74, 6) is 0.666. The molecule has 0 saturated heterocycles. The first-order valence-corrected chi connectivity index (χ1v) is 9.84. The van der Waals surface area contributed by atoms with Crippen molar-refractivity contribution >= 4 is 28.8 Å². The van der Waals surface area contributed by atoms with E-state index in [-0.39, 0.29) is 11.9 Å². The lowest BCUT2D eigenvalue weighted by molar-refractivity contribution is 0.0943. The smallest absolute Gasteiger partial charge is 0.263 e. The van der Waals surface area contributed by atoms with Crippen LogP contribution in [0.4, 0.5) is 0 Å². The number of halogens is 1. The molecule has 1 heterocycles. The molecule has 0 aliphatic rings. The lowest BCUT2D eigenvalue weighted by Crippen LogP contribution is -2.26. The number of carbonyl (C=O) groups excluding carboxylic acids is 1. The van der Waals surface area contributed by atoms with E-state index in [2.05, 4.69) is 10.3 Å². The Morgan fingerprint density at radius 2 is 1.96 bits per heavy atom. The molecule has 1 N–H and O–H groups in total. The van der Waals surface area contributed by atoms with Crippen LogP contribution < -0.4 is 10.1 Å². The Morgan fingerprint density at radius 3 is 2.67 bits per heavy atom. The second kappa shape index (κ2) is 8.55. The number of hydrogen-bond acceptors (Lipinski definition) is 4. The Bertz CT molecular complexity index is 938. The van der Waals surface area contributed by atoms with Gasteiger partial charge in [0.1, 0.15) is 22.2 Å². The third kappa shape index (κ3) is 5.08. The molecular weight excluding hydrogens is 380 g/mol. The fourth-order valence-electron chi connectivity index (χ4n) is 2.67. The van der Waals surface area contributed by atoms with Crippen LogP contribution in [0.15, 0.2) is 48.5 Å². The van der Waals surface area contributed by atoms with Crippen LogP contribution in [-0.4, -0.2) is 10.9 Å². The van der Waals surface area contributed by atoms with Crippen LogP contribution in [0.5, 0.6) is 5.75 Å². The highest BCUT2D eigenvalue weighted by Crippen LogP contribution is 2.22. The SMILES string of the molecule is Cc1cccc(OCc2nc(C)c(C(=O)NC(C)c3ccc(Cl)cc3)s2)c1. The van der Waals surface area contributed by atoms with Gasteiger partial charge in [0.2, 0.25) is 0 Å². The van der Waals surface area contributed by atoms with Gasteiger partial charge in [-0.1, -0.05) is 35.9 Å². The summed E-state index contributed by atoms with van der Waals surface area (Å²) in [5.41, 5.74) is 2.85. The van der Waals surface area contributed by atoms with E-state index >= 15 is 0 Å². The largest absolute Gasteiger partial charge is 0.486 e. The van der Waals surface area contributed by atoms with Crippen LogP contribution >= 0.6 is 22.9 Å². The zero-order valence-electron chi connectivity index (χ0n) is 15.5. The molecule has 140 valence electrons. The van der Waals surface area contributed by atoms with Crippen molar-refractivity contribution in [3.63, 3.8) is 0 Å². The van der Waals surface area contributed by atoms with Gasteiger partial charge < -0.3 is 10.1 Å². The first-order chi connectivity index (χ1) is 12.9. The highest BCUT2D eigenvalue weighted by molar-refractivity contribution is 7.13. The number of nitrogens with zero attached hydrogens (tertiary/aromatic N) is 1. The molecule has 3 aromatic rings. The Labute approximate surface area is 168 Å². The van der Waals surface area contributed by atoms with Gasteiger partial charge in [0.25, 0.3) is 5.91 Å². The standard InChI is InChI=1S/C21H21ClN2O2S/c1-13-5-4-6-18(11-13)26-12-19-23-15(3)20(27-19)21(25)24-14(2)16-7-9-17(22)10-8-16/h4-11,14H,12H2,1-3H3,(H,24,25). The zero-order valence-corrected chi connectivity index (χ0v) is 17.0. The van der Waals surface area contributed by atoms with Crippen molar-refractivity contribution in [1.29, 1.82) is 0 Å². The molecule has 1 aromatic heterocycles. The minimum atomic E-state index is -0.130. The number of aryl methyl sites for hydroxylation is 2. The molecule has 27 heavy (non-hydrogen) atoms. The number of benzene rings is 2. The van der Waals surface area contributed by atoms with Crippen molar-refractivity contribution in [3.8, 4) is 5.75 Å². The van der Waals surface area contributed by atoms with Gasteiger partial charge in [-0.05, 0) is 56.2 Å². The van der Waals surface area contributed by atoms with Crippen molar-refractivity contribution in [2.45, 2.75) is 33.4 Å². The summed E-state index contributed by atoms with van der Waals surface area (Å²) in [7, 11) is 0. The van der Waals surface area contributed by atoms with Gasteiger partial charge in [-0.15, -0.1) is 11.3 Å². The van der Waals surface area contributed by atoms with Gasteiger partial charge in [0, 0.05) is 5.02 Å². The van der Waals surface area contributed by atoms with E-state index in [1.807, 2.05) is 69.3 Å². The Kier molecular flexibility index (Phi) is 6.14. The topological polar surface area (TPSA) is 51.2 Å². The molecule has 6 heteroatoms. The van der Waals surface area contributed by atoms with Gasteiger partial charge in [-0.3, -0.25) is 4.79 Å². The highest BCUT2D eigenvalue weighted by atomic mass is 35.5. The van der Waals surface area contributed by atoms with E-state index in [9.17, 15) is 4.79 Å². The number of hydrogen-bond donors (Lipinski definition) is 1. The number of rotatable bonds is 6. The quantitative estimate of drug-likeness (QED) is 0.595. The number of carbonyl (C=O) groups is 1. The zero-order chi connectivity index (χ0) is 19.4. The summed E-state index contributed by atoms with van der Waals surface area (Å²) in [6.07, 6.45) is 0.